The molecule has 152 valence electrons. The van der Waals surface area contributed by atoms with Crippen molar-refractivity contribution in [2.45, 2.75) is 69.0 Å². The van der Waals surface area contributed by atoms with Crippen molar-refractivity contribution in [2.24, 2.45) is 0 Å². The predicted molar refractivity (Wildman–Crippen MR) is 92.5 cm³/mol. The fourth-order valence-electron chi connectivity index (χ4n) is 4.10. The van der Waals surface area contributed by atoms with Gasteiger partial charge < -0.3 is 14.8 Å². The Morgan fingerprint density at radius 2 is 2.11 bits per heavy atom. The number of hydrogen-bond donors (Lipinski definition) is 2. The van der Waals surface area contributed by atoms with E-state index in [0.717, 1.165) is 36.2 Å². The average molecular weight is 397 g/mol. The fourth-order valence-corrected chi connectivity index (χ4v) is 4.10. The highest BCUT2D eigenvalue weighted by Gasteiger charge is 2.56. The molecule has 1 spiro atoms. The number of ether oxygens (including phenoxy) is 2. The van der Waals surface area contributed by atoms with Gasteiger partial charge in [0.05, 0.1) is 24.5 Å². The number of allylic oxidation sites excluding steroid dienone is 4. The van der Waals surface area contributed by atoms with E-state index in [4.69, 9.17) is 9.47 Å². The number of H-pyrrole nitrogens is 1. The van der Waals surface area contributed by atoms with Crippen LogP contribution in [0, 0.1) is 0 Å². The third-order valence-electron chi connectivity index (χ3n) is 5.95. The number of alkyl carbamates (subject to hydrolysis) is 1. The number of halogens is 3. The van der Waals surface area contributed by atoms with Gasteiger partial charge in [-0.2, -0.15) is 13.2 Å². The monoisotopic (exact) mass is 397 g/mol. The highest BCUT2D eigenvalue weighted by Crippen LogP contribution is 2.52. The summed E-state index contributed by atoms with van der Waals surface area (Å²) >= 11 is 0. The van der Waals surface area contributed by atoms with E-state index in [1.54, 1.807) is 6.08 Å². The third kappa shape index (κ3) is 3.25. The number of carbonyl (C=O) groups is 1. The van der Waals surface area contributed by atoms with Gasteiger partial charge in [-0.1, -0.05) is 12.2 Å². The minimum atomic E-state index is -4.26. The van der Waals surface area contributed by atoms with Crippen molar-refractivity contribution in [3.63, 3.8) is 0 Å². The second-order valence-corrected chi connectivity index (χ2v) is 8.11. The number of amides is 1. The van der Waals surface area contributed by atoms with Crippen LogP contribution >= 0.6 is 0 Å². The van der Waals surface area contributed by atoms with E-state index in [1.165, 1.54) is 6.08 Å². The molecule has 2 heterocycles. The SMILES string of the molecule is O=C(NC1CC1)OC1CCC2(CO2)c2c1[nH]n2CC1=CC=C(C(F)(F)F)CC1. The number of nitrogens with one attached hydrogen (secondary N) is 2. The summed E-state index contributed by atoms with van der Waals surface area (Å²) in [5, 5.41) is 6.06. The first kappa shape index (κ1) is 17.9. The first-order chi connectivity index (χ1) is 13.3. The van der Waals surface area contributed by atoms with Gasteiger partial charge >= 0.3 is 12.3 Å². The number of hydrogen-bond acceptors (Lipinski definition) is 3. The Morgan fingerprint density at radius 3 is 2.71 bits per heavy atom. The van der Waals surface area contributed by atoms with Crippen molar-refractivity contribution in [3.8, 4) is 0 Å². The maximum atomic E-state index is 12.8. The van der Waals surface area contributed by atoms with Crippen molar-refractivity contribution in [3.05, 3.63) is 34.7 Å². The zero-order valence-corrected chi connectivity index (χ0v) is 15.3. The van der Waals surface area contributed by atoms with E-state index in [9.17, 15) is 18.0 Å². The Morgan fingerprint density at radius 1 is 1.32 bits per heavy atom. The molecule has 1 saturated heterocycles. The second-order valence-electron chi connectivity index (χ2n) is 8.11. The van der Waals surface area contributed by atoms with E-state index in [2.05, 4.69) is 10.4 Å². The van der Waals surface area contributed by atoms with Crippen LogP contribution in [0.4, 0.5) is 18.0 Å². The minimum absolute atomic E-state index is 0.00376. The third-order valence-corrected chi connectivity index (χ3v) is 5.95. The first-order valence-electron chi connectivity index (χ1n) is 9.70. The van der Waals surface area contributed by atoms with Gasteiger partial charge in [0.15, 0.2) is 0 Å². The Hall–Kier alpha value is -2.16. The first-order valence-corrected chi connectivity index (χ1v) is 9.70. The minimum Gasteiger partial charge on any atom is -0.440 e. The number of epoxide rings is 1. The summed E-state index contributed by atoms with van der Waals surface area (Å²) in [6.45, 7) is 1.12. The number of fused-ring (bicyclic) bond motifs is 2. The Bertz CT molecular complexity index is 856. The molecule has 1 aromatic rings. The van der Waals surface area contributed by atoms with Crippen LogP contribution in [0.5, 0.6) is 0 Å². The topological polar surface area (TPSA) is 71.6 Å². The summed E-state index contributed by atoms with van der Waals surface area (Å²) in [5.41, 5.74) is 1.96. The molecule has 1 aromatic heterocycles. The summed E-state index contributed by atoms with van der Waals surface area (Å²) < 4.78 is 51.6. The van der Waals surface area contributed by atoms with Crippen LogP contribution in [-0.4, -0.2) is 34.7 Å². The molecule has 3 aliphatic carbocycles. The van der Waals surface area contributed by atoms with Gasteiger partial charge in [-0.05, 0) is 44.1 Å². The zero-order valence-electron chi connectivity index (χ0n) is 15.3. The molecule has 2 N–H and O–H groups in total. The number of aromatic nitrogens is 2. The van der Waals surface area contributed by atoms with E-state index >= 15 is 0 Å². The van der Waals surface area contributed by atoms with Gasteiger partial charge in [0.2, 0.25) is 0 Å². The molecule has 4 aliphatic rings. The van der Waals surface area contributed by atoms with E-state index in [-0.39, 0.29) is 24.2 Å². The lowest BCUT2D eigenvalue weighted by Gasteiger charge is -2.36. The molecule has 1 saturated carbocycles. The summed E-state index contributed by atoms with van der Waals surface area (Å²) in [4.78, 5) is 12.0. The molecule has 9 heteroatoms. The standard InChI is InChI=1S/C19H22F3N3O3/c20-19(21,22)12-3-1-11(2-4-12)9-25-16-15(24-25)14(7-8-18(16)10-27-18)28-17(26)23-13-5-6-13/h1,3,13-14,24H,2,4-10H2,(H,23,26). The molecular weight excluding hydrogens is 375 g/mol. The Kier molecular flexibility index (Phi) is 3.94. The van der Waals surface area contributed by atoms with Crippen LogP contribution in [-0.2, 0) is 21.6 Å². The van der Waals surface area contributed by atoms with Crippen molar-refractivity contribution in [1.82, 2.24) is 15.1 Å². The summed E-state index contributed by atoms with van der Waals surface area (Å²) in [6, 6.07) is 0.237. The maximum Gasteiger partial charge on any atom is 0.412 e. The van der Waals surface area contributed by atoms with Crippen molar-refractivity contribution < 1.29 is 27.4 Å². The highest BCUT2D eigenvalue weighted by atomic mass is 19.4. The molecule has 0 bridgehead atoms. The van der Waals surface area contributed by atoms with E-state index in [1.807, 2.05) is 4.68 Å². The summed E-state index contributed by atoms with van der Waals surface area (Å²) in [5.74, 6) is 0. The molecule has 0 radical (unpaired) electrons. The number of carbonyl (C=O) groups excluding carboxylic acids is 1. The van der Waals surface area contributed by atoms with Crippen LogP contribution in [0.3, 0.4) is 0 Å². The molecule has 2 unspecified atom stereocenters. The van der Waals surface area contributed by atoms with Gasteiger partial charge in [-0.3, -0.25) is 9.78 Å². The fraction of sp³-hybridized carbons (Fsp3) is 0.632. The molecule has 28 heavy (non-hydrogen) atoms. The lowest BCUT2D eigenvalue weighted by molar-refractivity contribution is -0.0941. The van der Waals surface area contributed by atoms with Crippen molar-refractivity contribution in [2.75, 3.05) is 6.61 Å². The van der Waals surface area contributed by atoms with Crippen molar-refractivity contribution >= 4 is 6.09 Å². The molecule has 1 aliphatic heterocycles. The number of rotatable bonds is 4. The van der Waals surface area contributed by atoms with Crippen LogP contribution in [0.15, 0.2) is 23.3 Å². The second kappa shape index (κ2) is 6.17. The van der Waals surface area contributed by atoms with Gasteiger partial charge in [0.1, 0.15) is 11.7 Å². The lowest BCUT2D eigenvalue weighted by Crippen LogP contribution is -2.38. The summed E-state index contributed by atoms with van der Waals surface area (Å²) in [7, 11) is 0. The lowest BCUT2D eigenvalue weighted by atomic mass is 9.86. The Labute approximate surface area is 159 Å². The largest absolute Gasteiger partial charge is 0.440 e. The van der Waals surface area contributed by atoms with Crippen LogP contribution < -0.4 is 5.32 Å². The molecule has 6 nitrogen and oxygen atoms in total. The number of alkyl halides is 3. The van der Waals surface area contributed by atoms with Crippen LogP contribution in [0.25, 0.3) is 0 Å². The molecule has 2 fully saturated rings. The van der Waals surface area contributed by atoms with Gasteiger partial charge in [-0.25, -0.2) is 4.79 Å². The van der Waals surface area contributed by atoms with E-state index < -0.39 is 17.8 Å². The zero-order chi connectivity index (χ0) is 19.5. The van der Waals surface area contributed by atoms with Gasteiger partial charge in [0.25, 0.3) is 0 Å². The highest BCUT2D eigenvalue weighted by molar-refractivity contribution is 5.68. The van der Waals surface area contributed by atoms with Crippen LogP contribution in [0.2, 0.25) is 0 Å². The van der Waals surface area contributed by atoms with E-state index in [0.29, 0.717) is 26.0 Å². The number of nitrogens with zero attached hydrogens (tertiary/aromatic N) is 1. The van der Waals surface area contributed by atoms with Gasteiger partial charge in [-0.15, -0.1) is 0 Å². The van der Waals surface area contributed by atoms with Gasteiger partial charge in [0, 0.05) is 11.6 Å². The molecule has 5 rings (SSSR count). The summed E-state index contributed by atoms with van der Waals surface area (Å²) in [6.07, 6.45) is 1.58. The molecule has 2 atom stereocenters. The predicted octanol–water partition coefficient (Wildman–Crippen LogP) is 3.97. The molecule has 1 amide bonds. The maximum absolute atomic E-state index is 12.8. The Balaban J connectivity index is 1.30. The normalized spacial score (nSPS) is 29.2. The smallest absolute Gasteiger partial charge is 0.412 e. The van der Waals surface area contributed by atoms with Crippen molar-refractivity contribution in [1.29, 1.82) is 0 Å². The molecule has 0 aromatic carbocycles. The quantitative estimate of drug-likeness (QED) is 0.755. The molecular formula is C19H22F3N3O3. The van der Waals surface area contributed by atoms with Crippen LogP contribution in [0.1, 0.15) is 56.0 Å². The number of aromatic amines is 1. The average Bonchev–Trinajstić information content (AvgIpc) is 3.53.